The van der Waals surface area contributed by atoms with E-state index in [-0.39, 0.29) is 5.91 Å². The highest BCUT2D eigenvalue weighted by molar-refractivity contribution is 5.90. The number of hydrogen-bond donors (Lipinski definition) is 2. The number of amides is 1. The molecule has 0 radical (unpaired) electrons. The molecule has 0 aliphatic heterocycles. The van der Waals surface area contributed by atoms with Gasteiger partial charge in [-0.2, -0.15) is 0 Å². The van der Waals surface area contributed by atoms with E-state index >= 15 is 0 Å². The molecule has 0 spiro atoms. The maximum atomic E-state index is 11.3. The Balaban J connectivity index is 2.52. The normalized spacial score (nSPS) is 10.0. The molecule has 0 unspecified atom stereocenters. The van der Waals surface area contributed by atoms with Gasteiger partial charge in [-0.3, -0.25) is 4.79 Å². The van der Waals surface area contributed by atoms with Crippen molar-refractivity contribution >= 4 is 11.6 Å². The molecule has 1 rings (SSSR count). The average molecular weight is 206 g/mol. The second-order valence-corrected chi connectivity index (χ2v) is 3.53. The molecule has 0 saturated carbocycles. The number of benzene rings is 1. The number of anilines is 1. The molecule has 0 bridgehead atoms. The first-order valence-corrected chi connectivity index (χ1v) is 5.29. The molecule has 3 nitrogen and oxygen atoms in total. The lowest BCUT2D eigenvalue weighted by atomic mass is 10.2. The van der Waals surface area contributed by atoms with Gasteiger partial charge < -0.3 is 10.6 Å². The molecule has 1 aromatic rings. The van der Waals surface area contributed by atoms with Crippen LogP contribution < -0.4 is 10.6 Å². The molecule has 0 heterocycles. The molecule has 15 heavy (non-hydrogen) atoms. The third-order valence-corrected chi connectivity index (χ3v) is 2.10. The van der Waals surface area contributed by atoms with Crippen molar-refractivity contribution in [2.24, 2.45) is 0 Å². The van der Waals surface area contributed by atoms with Crippen LogP contribution in [0.4, 0.5) is 5.69 Å². The fourth-order valence-corrected chi connectivity index (χ4v) is 1.36. The van der Waals surface area contributed by atoms with Crippen LogP contribution in [0.2, 0.25) is 0 Å². The summed E-state index contributed by atoms with van der Waals surface area (Å²) in [5, 5.41) is 5.93. The zero-order chi connectivity index (χ0) is 11.1. The number of nitrogens with one attached hydrogen (secondary N) is 2. The summed E-state index contributed by atoms with van der Waals surface area (Å²) >= 11 is 0. The topological polar surface area (TPSA) is 41.1 Å². The van der Waals surface area contributed by atoms with Crippen molar-refractivity contribution in [2.75, 3.05) is 12.4 Å². The summed E-state index contributed by atoms with van der Waals surface area (Å²) in [7, 11) is 1.91. The number of rotatable bonds is 5. The van der Waals surface area contributed by atoms with Crippen LogP contribution in [-0.4, -0.2) is 13.0 Å². The minimum atomic E-state index is 0.0823. The molecule has 1 amide bonds. The Morgan fingerprint density at radius 2 is 1.93 bits per heavy atom. The quantitative estimate of drug-likeness (QED) is 0.775. The first-order valence-electron chi connectivity index (χ1n) is 5.29. The van der Waals surface area contributed by atoms with Crippen LogP contribution in [0.1, 0.15) is 25.3 Å². The third-order valence-electron chi connectivity index (χ3n) is 2.10. The molecule has 2 N–H and O–H groups in total. The van der Waals surface area contributed by atoms with Gasteiger partial charge in [-0.25, -0.2) is 0 Å². The van der Waals surface area contributed by atoms with Gasteiger partial charge in [-0.1, -0.05) is 19.1 Å². The highest BCUT2D eigenvalue weighted by Crippen LogP contribution is 2.09. The van der Waals surface area contributed by atoms with Gasteiger partial charge in [0.05, 0.1) is 0 Å². The van der Waals surface area contributed by atoms with Crippen LogP contribution in [0.15, 0.2) is 24.3 Å². The standard InChI is InChI=1S/C12H18N2O/c1-3-4-12(15)14-11-7-5-10(6-8-11)9-13-2/h5-8,13H,3-4,9H2,1-2H3,(H,14,15). The van der Waals surface area contributed by atoms with E-state index in [1.807, 2.05) is 38.2 Å². The van der Waals surface area contributed by atoms with Crippen molar-refractivity contribution in [3.05, 3.63) is 29.8 Å². The molecule has 0 aromatic heterocycles. The van der Waals surface area contributed by atoms with E-state index in [0.717, 1.165) is 18.7 Å². The molecule has 0 fully saturated rings. The van der Waals surface area contributed by atoms with Crippen molar-refractivity contribution in [3.8, 4) is 0 Å². The molecule has 3 heteroatoms. The summed E-state index contributed by atoms with van der Waals surface area (Å²) < 4.78 is 0. The van der Waals surface area contributed by atoms with E-state index in [1.165, 1.54) is 5.56 Å². The van der Waals surface area contributed by atoms with Gasteiger partial charge in [-0.05, 0) is 31.2 Å². The smallest absolute Gasteiger partial charge is 0.224 e. The fourth-order valence-electron chi connectivity index (χ4n) is 1.36. The molecule has 82 valence electrons. The van der Waals surface area contributed by atoms with E-state index in [9.17, 15) is 4.79 Å². The predicted molar refractivity (Wildman–Crippen MR) is 62.7 cm³/mol. The van der Waals surface area contributed by atoms with E-state index < -0.39 is 0 Å². The van der Waals surface area contributed by atoms with E-state index in [4.69, 9.17) is 0 Å². The molecule has 0 aliphatic rings. The van der Waals surface area contributed by atoms with Crippen LogP contribution in [0, 0.1) is 0 Å². The van der Waals surface area contributed by atoms with Crippen molar-refractivity contribution in [1.29, 1.82) is 0 Å². The molecular formula is C12H18N2O. The molecule has 0 atom stereocenters. The number of carbonyl (C=O) groups excluding carboxylic acids is 1. The minimum absolute atomic E-state index is 0.0823. The fraction of sp³-hybridized carbons (Fsp3) is 0.417. The monoisotopic (exact) mass is 206 g/mol. The van der Waals surface area contributed by atoms with Gasteiger partial charge in [-0.15, -0.1) is 0 Å². The van der Waals surface area contributed by atoms with E-state index in [1.54, 1.807) is 0 Å². The van der Waals surface area contributed by atoms with Gasteiger partial charge >= 0.3 is 0 Å². The number of hydrogen-bond acceptors (Lipinski definition) is 2. The first-order chi connectivity index (χ1) is 7.26. The van der Waals surface area contributed by atoms with Crippen LogP contribution >= 0.6 is 0 Å². The summed E-state index contributed by atoms with van der Waals surface area (Å²) in [6.07, 6.45) is 1.46. The third kappa shape index (κ3) is 4.13. The highest BCUT2D eigenvalue weighted by Gasteiger charge is 1.99. The first kappa shape index (κ1) is 11.7. The van der Waals surface area contributed by atoms with Gasteiger partial charge in [0.1, 0.15) is 0 Å². The Hall–Kier alpha value is -1.35. The molecule has 0 aliphatic carbocycles. The Morgan fingerprint density at radius 1 is 1.27 bits per heavy atom. The predicted octanol–water partition coefficient (Wildman–Crippen LogP) is 2.14. The van der Waals surface area contributed by atoms with E-state index in [0.29, 0.717) is 6.42 Å². The maximum absolute atomic E-state index is 11.3. The summed E-state index contributed by atoms with van der Waals surface area (Å²) in [6, 6.07) is 7.89. The van der Waals surface area contributed by atoms with E-state index in [2.05, 4.69) is 10.6 Å². The van der Waals surface area contributed by atoms with Crippen molar-refractivity contribution in [3.63, 3.8) is 0 Å². The highest BCUT2D eigenvalue weighted by atomic mass is 16.1. The summed E-state index contributed by atoms with van der Waals surface area (Å²) in [5.74, 6) is 0.0823. The SMILES string of the molecule is CCCC(=O)Nc1ccc(CNC)cc1. The minimum Gasteiger partial charge on any atom is -0.326 e. The molecule has 0 saturated heterocycles. The maximum Gasteiger partial charge on any atom is 0.224 e. The van der Waals surface area contributed by atoms with Crippen molar-refractivity contribution in [2.45, 2.75) is 26.3 Å². The van der Waals surface area contributed by atoms with Crippen LogP contribution in [0.5, 0.6) is 0 Å². The summed E-state index contributed by atoms with van der Waals surface area (Å²) in [5.41, 5.74) is 2.08. The second kappa shape index (κ2) is 6.19. The van der Waals surface area contributed by atoms with Gasteiger partial charge in [0.25, 0.3) is 0 Å². The lowest BCUT2D eigenvalue weighted by Gasteiger charge is -2.05. The lowest BCUT2D eigenvalue weighted by Crippen LogP contribution is -2.10. The van der Waals surface area contributed by atoms with Crippen molar-refractivity contribution < 1.29 is 4.79 Å². The van der Waals surface area contributed by atoms with Crippen LogP contribution in [0.25, 0.3) is 0 Å². The molecular weight excluding hydrogens is 188 g/mol. The number of carbonyl (C=O) groups is 1. The van der Waals surface area contributed by atoms with Crippen LogP contribution in [-0.2, 0) is 11.3 Å². The zero-order valence-electron chi connectivity index (χ0n) is 9.34. The Kier molecular flexibility index (Phi) is 4.84. The Labute approximate surface area is 90.9 Å². The van der Waals surface area contributed by atoms with Gasteiger partial charge in [0.2, 0.25) is 5.91 Å². The van der Waals surface area contributed by atoms with Crippen LogP contribution in [0.3, 0.4) is 0 Å². The second-order valence-electron chi connectivity index (χ2n) is 3.53. The van der Waals surface area contributed by atoms with Gasteiger partial charge in [0, 0.05) is 18.7 Å². The zero-order valence-corrected chi connectivity index (χ0v) is 9.34. The summed E-state index contributed by atoms with van der Waals surface area (Å²) in [4.78, 5) is 11.3. The Morgan fingerprint density at radius 3 is 2.47 bits per heavy atom. The van der Waals surface area contributed by atoms with Crippen molar-refractivity contribution in [1.82, 2.24) is 5.32 Å². The average Bonchev–Trinajstić information content (AvgIpc) is 2.22. The summed E-state index contributed by atoms with van der Waals surface area (Å²) in [6.45, 7) is 2.85. The van der Waals surface area contributed by atoms with Gasteiger partial charge in [0.15, 0.2) is 0 Å². The lowest BCUT2D eigenvalue weighted by molar-refractivity contribution is -0.116. The largest absolute Gasteiger partial charge is 0.326 e. The Bertz CT molecular complexity index is 306. The molecule has 1 aromatic carbocycles.